The third kappa shape index (κ3) is 3.30. The van der Waals surface area contributed by atoms with Crippen molar-refractivity contribution in [2.75, 3.05) is 13.2 Å². The van der Waals surface area contributed by atoms with Gasteiger partial charge in [0.25, 0.3) is 0 Å². The van der Waals surface area contributed by atoms with E-state index in [1.54, 1.807) is 6.92 Å². The molecule has 0 radical (unpaired) electrons. The number of nitrogens with zero attached hydrogens (tertiary/aromatic N) is 1. The molecule has 1 aromatic carbocycles. The van der Waals surface area contributed by atoms with Gasteiger partial charge in [-0.2, -0.15) is 0 Å². The predicted octanol–water partition coefficient (Wildman–Crippen LogP) is 2.22. The zero-order valence-electron chi connectivity index (χ0n) is 11.5. The summed E-state index contributed by atoms with van der Waals surface area (Å²) in [6, 6.07) is 8.99. The zero-order valence-corrected chi connectivity index (χ0v) is 11.5. The van der Waals surface area contributed by atoms with Gasteiger partial charge in [0.05, 0.1) is 18.4 Å². The third-order valence-corrected chi connectivity index (χ3v) is 3.42. The SMILES string of the molecule is CC1=C(O)CC(CO)N(C(=O)OCc2ccccc2)C1. The summed E-state index contributed by atoms with van der Waals surface area (Å²) in [7, 11) is 0. The van der Waals surface area contributed by atoms with Crippen molar-refractivity contribution in [2.45, 2.75) is 26.0 Å². The molecule has 0 saturated heterocycles. The van der Waals surface area contributed by atoms with E-state index in [0.717, 1.165) is 11.1 Å². The van der Waals surface area contributed by atoms with Crippen molar-refractivity contribution in [1.29, 1.82) is 0 Å². The lowest BCUT2D eigenvalue weighted by Gasteiger charge is -2.34. The first kappa shape index (κ1) is 14.4. The molecule has 1 aromatic rings. The smallest absolute Gasteiger partial charge is 0.410 e. The maximum absolute atomic E-state index is 12.1. The van der Waals surface area contributed by atoms with Crippen LogP contribution in [0.1, 0.15) is 18.9 Å². The van der Waals surface area contributed by atoms with Crippen molar-refractivity contribution < 1.29 is 19.7 Å². The molecule has 0 bridgehead atoms. The van der Waals surface area contributed by atoms with Crippen LogP contribution in [0.3, 0.4) is 0 Å². The van der Waals surface area contributed by atoms with Gasteiger partial charge in [-0.1, -0.05) is 30.3 Å². The summed E-state index contributed by atoms with van der Waals surface area (Å²) in [5.41, 5.74) is 1.64. The molecule has 1 aliphatic rings. The van der Waals surface area contributed by atoms with Gasteiger partial charge in [0.1, 0.15) is 6.61 Å². The second-order valence-electron chi connectivity index (χ2n) is 4.94. The molecule has 0 aromatic heterocycles. The summed E-state index contributed by atoms with van der Waals surface area (Å²) in [5.74, 6) is 0.246. The summed E-state index contributed by atoms with van der Waals surface area (Å²) in [4.78, 5) is 13.5. The Labute approximate surface area is 118 Å². The largest absolute Gasteiger partial charge is 0.512 e. The minimum absolute atomic E-state index is 0.197. The van der Waals surface area contributed by atoms with Gasteiger partial charge in [-0.15, -0.1) is 0 Å². The summed E-state index contributed by atoms with van der Waals surface area (Å²) in [6.07, 6.45) is -0.206. The molecule has 0 spiro atoms. The first-order valence-corrected chi connectivity index (χ1v) is 6.57. The molecule has 2 N–H and O–H groups in total. The summed E-state index contributed by atoms with van der Waals surface area (Å²) in [6.45, 7) is 2.05. The molecule has 1 unspecified atom stereocenters. The van der Waals surface area contributed by atoms with Crippen molar-refractivity contribution in [1.82, 2.24) is 4.90 Å². The van der Waals surface area contributed by atoms with Crippen LogP contribution in [0.5, 0.6) is 0 Å². The van der Waals surface area contributed by atoms with Gasteiger partial charge in [-0.05, 0) is 18.1 Å². The molecule has 5 nitrogen and oxygen atoms in total. The van der Waals surface area contributed by atoms with Crippen molar-refractivity contribution in [3.8, 4) is 0 Å². The molecule has 1 heterocycles. The number of carbonyl (C=O) groups is 1. The van der Waals surface area contributed by atoms with Crippen LogP contribution in [0.15, 0.2) is 41.7 Å². The molecule has 1 amide bonds. The van der Waals surface area contributed by atoms with Crippen LogP contribution in [0.4, 0.5) is 4.79 Å². The maximum Gasteiger partial charge on any atom is 0.410 e. The number of hydrogen-bond acceptors (Lipinski definition) is 4. The molecule has 20 heavy (non-hydrogen) atoms. The van der Waals surface area contributed by atoms with E-state index in [2.05, 4.69) is 0 Å². The van der Waals surface area contributed by atoms with Crippen LogP contribution in [0.2, 0.25) is 0 Å². The van der Waals surface area contributed by atoms with Crippen LogP contribution in [-0.4, -0.2) is 40.4 Å². The number of rotatable bonds is 3. The van der Waals surface area contributed by atoms with Gasteiger partial charge in [0, 0.05) is 13.0 Å². The third-order valence-electron chi connectivity index (χ3n) is 3.42. The second-order valence-corrected chi connectivity index (χ2v) is 4.94. The van der Waals surface area contributed by atoms with Gasteiger partial charge in [-0.25, -0.2) is 4.79 Å². The number of benzene rings is 1. The van der Waals surface area contributed by atoms with Crippen LogP contribution in [0.25, 0.3) is 0 Å². The fourth-order valence-electron chi connectivity index (χ4n) is 2.16. The number of ether oxygens (including phenoxy) is 1. The highest BCUT2D eigenvalue weighted by atomic mass is 16.6. The molecule has 1 aliphatic heterocycles. The quantitative estimate of drug-likeness (QED) is 0.888. The van der Waals surface area contributed by atoms with Crippen molar-refractivity contribution in [2.24, 2.45) is 0 Å². The molecular formula is C15H19NO4. The van der Waals surface area contributed by atoms with Crippen molar-refractivity contribution >= 4 is 6.09 Å². The van der Waals surface area contributed by atoms with E-state index >= 15 is 0 Å². The van der Waals surface area contributed by atoms with E-state index in [0.29, 0.717) is 0 Å². The summed E-state index contributed by atoms with van der Waals surface area (Å²) < 4.78 is 5.25. The highest BCUT2D eigenvalue weighted by Crippen LogP contribution is 2.22. The minimum Gasteiger partial charge on any atom is -0.512 e. The first-order chi connectivity index (χ1) is 9.61. The lowest BCUT2D eigenvalue weighted by atomic mass is 10.0. The highest BCUT2D eigenvalue weighted by molar-refractivity contribution is 5.69. The van der Waals surface area contributed by atoms with Crippen LogP contribution in [0, 0.1) is 0 Å². The zero-order chi connectivity index (χ0) is 14.5. The van der Waals surface area contributed by atoms with Gasteiger partial charge in [-0.3, -0.25) is 4.90 Å². The first-order valence-electron chi connectivity index (χ1n) is 6.57. The average Bonchev–Trinajstić information content (AvgIpc) is 2.48. The molecular weight excluding hydrogens is 258 g/mol. The van der Waals surface area contributed by atoms with Crippen molar-refractivity contribution in [3.05, 3.63) is 47.2 Å². The summed E-state index contributed by atoms with van der Waals surface area (Å²) >= 11 is 0. The lowest BCUT2D eigenvalue weighted by molar-refractivity contribution is 0.0595. The Morgan fingerprint density at radius 3 is 2.75 bits per heavy atom. The van der Waals surface area contributed by atoms with Crippen LogP contribution >= 0.6 is 0 Å². The molecule has 0 fully saturated rings. The van der Waals surface area contributed by atoms with E-state index in [1.165, 1.54) is 4.90 Å². The van der Waals surface area contributed by atoms with E-state index in [-0.39, 0.29) is 31.9 Å². The van der Waals surface area contributed by atoms with E-state index in [4.69, 9.17) is 4.74 Å². The number of carbonyl (C=O) groups excluding carboxylic acids is 1. The molecule has 0 saturated carbocycles. The maximum atomic E-state index is 12.1. The highest BCUT2D eigenvalue weighted by Gasteiger charge is 2.30. The van der Waals surface area contributed by atoms with E-state index in [9.17, 15) is 15.0 Å². The Kier molecular flexibility index (Phi) is 4.63. The second kappa shape index (κ2) is 6.43. The van der Waals surface area contributed by atoms with Gasteiger partial charge >= 0.3 is 6.09 Å². The standard InChI is InChI=1S/C15H19NO4/c1-11-8-16(13(9-17)7-14(11)18)15(19)20-10-12-5-3-2-4-6-12/h2-6,13,17-18H,7-10H2,1H3. The fraction of sp³-hybridized carbons (Fsp3) is 0.400. The molecule has 5 heteroatoms. The monoisotopic (exact) mass is 277 g/mol. The van der Waals surface area contributed by atoms with Gasteiger partial charge in [0.2, 0.25) is 0 Å². The number of amides is 1. The van der Waals surface area contributed by atoms with E-state index in [1.807, 2.05) is 30.3 Å². The topological polar surface area (TPSA) is 70.0 Å². The molecule has 108 valence electrons. The van der Waals surface area contributed by atoms with Crippen LogP contribution in [-0.2, 0) is 11.3 Å². The Bertz CT molecular complexity index is 498. The number of aliphatic hydroxyl groups excluding tert-OH is 2. The molecule has 2 rings (SSSR count). The van der Waals surface area contributed by atoms with E-state index < -0.39 is 12.1 Å². The summed E-state index contributed by atoms with van der Waals surface area (Å²) in [5, 5.41) is 19.0. The van der Waals surface area contributed by atoms with Crippen molar-refractivity contribution in [3.63, 3.8) is 0 Å². The van der Waals surface area contributed by atoms with Gasteiger partial charge in [0.15, 0.2) is 0 Å². The lowest BCUT2D eigenvalue weighted by Crippen LogP contribution is -2.46. The molecule has 0 aliphatic carbocycles. The number of aliphatic hydroxyl groups is 2. The fourth-order valence-corrected chi connectivity index (χ4v) is 2.16. The average molecular weight is 277 g/mol. The van der Waals surface area contributed by atoms with Gasteiger partial charge < -0.3 is 14.9 Å². The Morgan fingerprint density at radius 1 is 1.40 bits per heavy atom. The van der Waals surface area contributed by atoms with Crippen LogP contribution < -0.4 is 0 Å². The minimum atomic E-state index is -0.472. The number of hydrogen-bond donors (Lipinski definition) is 2. The Balaban J connectivity index is 1.98. The Morgan fingerprint density at radius 2 is 2.10 bits per heavy atom. The molecule has 1 atom stereocenters. The Hall–Kier alpha value is -2.01. The normalized spacial score (nSPS) is 19.1. The predicted molar refractivity (Wildman–Crippen MR) is 74.2 cm³/mol.